The molecule has 28 heavy (non-hydrogen) atoms. The lowest BCUT2D eigenvalue weighted by molar-refractivity contribution is -0.384. The minimum atomic E-state index is -0.537. The molecule has 2 amide bonds. The fourth-order valence-corrected chi connectivity index (χ4v) is 3.63. The van der Waals surface area contributed by atoms with Gasteiger partial charge in [0.05, 0.1) is 21.7 Å². The molecule has 0 saturated carbocycles. The number of nitro benzene ring substituents is 1. The van der Waals surface area contributed by atoms with E-state index in [4.69, 9.17) is 6.42 Å². The molecule has 0 saturated heterocycles. The summed E-state index contributed by atoms with van der Waals surface area (Å²) in [6.45, 7) is 1.63. The van der Waals surface area contributed by atoms with Gasteiger partial charge in [0, 0.05) is 30.3 Å². The Labute approximate surface area is 163 Å². The van der Waals surface area contributed by atoms with E-state index in [0.29, 0.717) is 10.5 Å². The Morgan fingerprint density at radius 1 is 1.29 bits per heavy atom. The molecule has 2 aromatic carbocycles. The molecule has 0 spiro atoms. The first-order chi connectivity index (χ1) is 13.4. The van der Waals surface area contributed by atoms with Gasteiger partial charge in [-0.05, 0) is 30.3 Å². The molecule has 1 N–H and O–H groups in total. The third-order valence-corrected chi connectivity index (χ3v) is 4.82. The second-order valence-corrected chi connectivity index (χ2v) is 6.77. The van der Waals surface area contributed by atoms with Crippen LogP contribution in [0.3, 0.4) is 0 Å². The van der Waals surface area contributed by atoms with Crippen molar-refractivity contribution >= 4 is 44.7 Å². The zero-order valence-corrected chi connectivity index (χ0v) is 15.5. The summed E-state index contributed by atoms with van der Waals surface area (Å²) in [6.07, 6.45) is 5.45. The number of aromatic nitrogens is 1. The average Bonchev–Trinajstić information content (AvgIpc) is 2.98. The van der Waals surface area contributed by atoms with Crippen molar-refractivity contribution in [3.8, 4) is 12.3 Å². The number of nitrogens with zero attached hydrogens (tertiary/aromatic N) is 3. The summed E-state index contributed by atoms with van der Waals surface area (Å²) in [4.78, 5) is 38.5. The van der Waals surface area contributed by atoms with E-state index in [9.17, 15) is 19.7 Å². The predicted molar refractivity (Wildman–Crippen MR) is 106 cm³/mol. The van der Waals surface area contributed by atoms with Gasteiger partial charge in [-0.15, -0.1) is 6.42 Å². The largest absolute Gasteiger partial charge is 0.326 e. The zero-order chi connectivity index (χ0) is 20.3. The van der Waals surface area contributed by atoms with Gasteiger partial charge in [0.2, 0.25) is 5.91 Å². The number of fused-ring (bicyclic) bond motifs is 1. The highest BCUT2D eigenvalue weighted by molar-refractivity contribution is 7.16. The molecule has 3 rings (SSSR count). The van der Waals surface area contributed by atoms with Gasteiger partial charge in [-0.1, -0.05) is 17.3 Å². The van der Waals surface area contributed by atoms with Crippen molar-refractivity contribution in [2.24, 2.45) is 4.99 Å². The molecular formula is C19H14N4O4S. The van der Waals surface area contributed by atoms with E-state index in [1.807, 2.05) is 0 Å². The van der Waals surface area contributed by atoms with E-state index in [1.54, 1.807) is 22.8 Å². The number of hydrogen-bond donors (Lipinski definition) is 1. The Bertz CT molecular complexity index is 1200. The quantitative estimate of drug-likeness (QED) is 0.417. The molecule has 3 aromatic rings. The number of carbonyl (C=O) groups excluding carboxylic acids is 2. The smallest absolute Gasteiger partial charge is 0.279 e. The summed E-state index contributed by atoms with van der Waals surface area (Å²) >= 11 is 1.26. The van der Waals surface area contributed by atoms with Crippen molar-refractivity contribution in [2.75, 3.05) is 5.32 Å². The second kappa shape index (κ2) is 7.85. The number of amides is 2. The van der Waals surface area contributed by atoms with E-state index in [0.717, 1.165) is 10.2 Å². The average molecular weight is 394 g/mol. The minimum Gasteiger partial charge on any atom is -0.326 e. The Hall–Kier alpha value is -3.77. The number of thiazole rings is 1. The van der Waals surface area contributed by atoms with Crippen LogP contribution in [-0.4, -0.2) is 21.3 Å². The number of carbonyl (C=O) groups is 2. The highest BCUT2D eigenvalue weighted by atomic mass is 32.1. The van der Waals surface area contributed by atoms with Gasteiger partial charge in [0.15, 0.2) is 4.80 Å². The SMILES string of the molecule is C#CCn1c(=NC(=O)c2ccc([N+](=O)[O-])cc2)sc2cc(NC(C)=O)ccc21. The van der Waals surface area contributed by atoms with E-state index in [-0.39, 0.29) is 23.7 Å². The molecule has 9 heteroatoms. The zero-order valence-electron chi connectivity index (χ0n) is 14.7. The van der Waals surface area contributed by atoms with Crippen LogP contribution in [0.1, 0.15) is 17.3 Å². The first kappa shape index (κ1) is 19.0. The second-order valence-electron chi connectivity index (χ2n) is 5.76. The number of benzene rings is 2. The van der Waals surface area contributed by atoms with Crippen molar-refractivity contribution < 1.29 is 14.5 Å². The maximum Gasteiger partial charge on any atom is 0.279 e. The summed E-state index contributed by atoms with van der Waals surface area (Å²) in [6, 6.07) is 10.5. The molecule has 0 fully saturated rings. The van der Waals surface area contributed by atoms with E-state index in [1.165, 1.54) is 42.5 Å². The summed E-state index contributed by atoms with van der Waals surface area (Å²) < 4.78 is 2.53. The van der Waals surface area contributed by atoms with Gasteiger partial charge in [-0.25, -0.2) is 0 Å². The summed E-state index contributed by atoms with van der Waals surface area (Å²) in [5, 5.41) is 13.4. The summed E-state index contributed by atoms with van der Waals surface area (Å²) in [7, 11) is 0. The maximum absolute atomic E-state index is 12.5. The Morgan fingerprint density at radius 3 is 2.61 bits per heavy atom. The van der Waals surface area contributed by atoms with Crippen molar-refractivity contribution in [2.45, 2.75) is 13.5 Å². The first-order valence-electron chi connectivity index (χ1n) is 8.07. The molecule has 8 nitrogen and oxygen atoms in total. The lowest BCUT2D eigenvalue weighted by Gasteiger charge is -2.03. The van der Waals surface area contributed by atoms with Crippen LogP contribution in [-0.2, 0) is 11.3 Å². The van der Waals surface area contributed by atoms with Crippen molar-refractivity contribution in [1.82, 2.24) is 4.57 Å². The van der Waals surface area contributed by atoms with E-state index >= 15 is 0 Å². The third-order valence-electron chi connectivity index (χ3n) is 3.77. The normalized spacial score (nSPS) is 11.2. The molecule has 0 aliphatic carbocycles. The minimum absolute atomic E-state index is 0.105. The van der Waals surface area contributed by atoms with Crippen molar-refractivity contribution in [1.29, 1.82) is 0 Å². The molecule has 0 unspecified atom stereocenters. The first-order valence-corrected chi connectivity index (χ1v) is 8.88. The van der Waals surface area contributed by atoms with Crippen molar-refractivity contribution in [3.05, 3.63) is 62.9 Å². The summed E-state index contributed by atoms with van der Waals surface area (Å²) in [5.74, 6) is 1.81. The molecule has 0 radical (unpaired) electrons. The van der Waals surface area contributed by atoms with Crippen LogP contribution in [0.2, 0.25) is 0 Å². The van der Waals surface area contributed by atoms with E-state index < -0.39 is 10.8 Å². The fourth-order valence-electron chi connectivity index (χ4n) is 2.56. The van der Waals surface area contributed by atoms with Gasteiger partial charge in [0.1, 0.15) is 0 Å². The highest BCUT2D eigenvalue weighted by Crippen LogP contribution is 2.22. The van der Waals surface area contributed by atoms with Crippen LogP contribution in [0.15, 0.2) is 47.5 Å². The van der Waals surface area contributed by atoms with Gasteiger partial charge < -0.3 is 9.88 Å². The molecule has 140 valence electrons. The third kappa shape index (κ3) is 3.97. The number of nitro groups is 1. The Kier molecular flexibility index (Phi) is 5.33. The number of nitrogens with one attached hydrogen (secondary N) is 1. The fraction of sp³-hybridized carbons (Fsp3) is 0.105. The number of anilines is 1. The van der Waals surface area contributed by atoms with Gasteiger partial charge in [-0.3, -0.25) is 19.7 Å². The Balaban J connectivity index is 2.05. The molecule has 0 atom stereocenters. The number of hydrogen-bond acceptors (Lipinski definition) is 5. The molecule has 0 aliphatic heterocycles. The van der Waals surface area contributed by atoms with Crippen LogP contribution in [0.5, 0.6) is 0 Å². The molecule has 0 bridgehead atoms. The van der Waals surface area contributed by atoms with Crippen LogP contribution in [0.4, 0.5) is 11.4 Å². The number of rotatable bonds is 4. The molecule has 1 heterocycles. The summed E-state index contributed by atoms with van der Waals surface area (Å²) in [5.41, 5.74) is 1.54. The topological polar surface area (TPSA) is 107 Å². The number of terminal acetylenes is 1. The maximum atomic E-state index is 12.5. The lowest BCUT2D eigenvalue weighted by atomic mass is 10.2. The highest BCUT2D eigenvalue weighted by Gasteiger charge is 2.11. The molecule has 1 aromatic heterocycles. The Morgan fingerprint density at radius 2 is 2.00 bits per heavy atom. The van der Waals surface area contributed by atoms with Gasteiger partial charge in [0.25, 0.3) is 11.6 Å². The van der Waals surface area contributed by atoms with E-state index in [2.05, 4.69) is 16.2 Å². The van der Waals surface area contributed by atoms with Gasteiger partial charge >= 0.3 is 0 Å². The van der Waals surface area contributed by atoms with Crippen LogP contribution >= 0.6 is 11.3 Å². The monoisotopic (exact) mass is 394 g/mol. The molecular weight excluding hydrogens is 380 g/mol. The van der Waals surface area contributed by atoms with Crippen LogP contribution < -0.4 is 10.1 Å². The number of non-ortho nitro benzene ring substituents is 1. The standard InChI is InChI=1S/C19H14N4O4S/c1-3-10-22-16-9-6-14(20-12(2)24)11-17(16)28-19(22)21-18(25)13-4-7-15(8-5-13)23(26)27/h1,4-9,11H,10H2,2H3,(H,20,24). The van der Waals surface area contributed by atoms with Gasteiger partial charge in [-0.2, -0.15) is 4.99 Å². The lowest BCUT2D eigenvalue weighted by Crippen LogP contribution is -2.16. The van der Waals surface area contributed by atoms with Crippen LogP contribution in [0, 0.1) is 22.5 Å². The van der Waals surface area contributed by atoms with Crippen molar-refractivity contribution in [3.63, 3.8) is 0 Å². The predicted octanol–water partition coefficient (Wildman–Crippen LogP) is 2.94. The van der Waals surface area contributed by atoms with Crippen LogP contribution in [0.25, 0.3) is 10.2 Å². The molecule has 0 aliphatic rings.